The maximum absolute atomic E-state index is 12.0. The van der Waals surface area contributed by atoms with Crippen LogP contribution in [-0.2, 0) is 19.4 Å². The quantitative estimate of drug-likeness (QED) is 0.847. The van der Waals surface area contributed by atoms with Gasteiger partial charge in [0.05, 0.1) is 0 Å². The van der Waals surface area contributed by atoms with Gasteiger partial charge in [-0.1, -0.05) is 6.07 Å². The van der Waals surface area contributed by atoms with E-state index in [1.165, 1.54) is 17.5 Å². The first-order valence-corrected chi connectivity index (χ1v) is 6.63. The molecule has 0 saturated carbocycles. The molecule has 1 aliphatic carbocycles. The van der Waals surface area contributed by atoms with E-state index in [0.717, 1.165) is 12.8 Å². The standard InChI is InChI=1S/C15H16N2O2/c1-2-17-9-8-16-14(15(17)18)19-13-7-6-11-4-3-5-12(11)10-13/h6-10H,2-5H2,1H3. The molecule has 0 amide bonds. The molecule has 0 atom stereocenters. The molecule has 0 fully saturated rings. The van der Waals surface area contributed by atoms with Crippen molar-refractivity contribution in [3.05, 3.63) is 52.1 Å². The first kappa shape index (κ1) is 12.0. The molecule has 3 rings (SSSR count). The third-order valence-corrected chi connectivity index (χ3v) is 3.51. The van der Waals surface area contributed by atoms with Crippen molar-refractivity contribution in [2.24, 2.45) is 0 Å². The van der Waals surface area contributed by atoms with Crippen LogP contribution in [-0.4, -0.2) is 9.55 Å². The van der Waals surface area contributed by atoms with Gasteiger partial charge < -0.3 is 9.30 Å². The molecule has 0 radical (unpaired) electrons. The summed E-state index contributed by atoms with van der Waals surface area (Å²) < 4.78 is 7.21. The molecule has 4 nitrogen and oxygen atoms in total. The van der Waals surface area contributed by atoms with E-state index in [9.17, 15) is 4.79 Å². The van der Waals surface area contributed by atoms with Gasteiger partial charge in [0.25, 0.3) is 5.88 Å². The Morgan fingerprint density at radius 2 is 2.16 bits per heavy atom. The molecule has 1 aromatic carbocycles. The maximum Gasteiger partial charge on any atom is 0.313 e. The van der Waals surface area contributed by atoms with Crippen LogP contribution in [0.2, 0.25) is 0 Å². The zero-order valence-corrected chi connectivity index (χ0v) is 10.9. The SMILES string of the molecule is CCn1ccnc(Oc2ccc3c(c2)CCC3)c1=O. The van der Waals surface area contributed by atoms with Gasteiger partial charge >= 0.3 is 5.56 Å². The van der Waals surface area contributed by atoms with Crippen molar-refractivity contribution in [2.75, 3.05) is 0 Å². The van der Waals surface area contributed by atoms with Gasteiger partial charge in [0.1, 0.15) is 5.75 Å². The predicted molar refractivity (Wildman–Crippen MR) is 72.7 cm³/mol. The number of ether oxygens (including phenoxy) is 1. The Balaban J connectivity index is 1.91. The van der Waals surface area contributed by atoms with Crippen molar-refractivity contribution in [3.63, 3.8) is 0 Å². The highest BCUT2D eigenvalue weighted by atomic mass is 16.5. The highest BCUT2D eigenvalue weighted by molar-refractivity contribution is 5.39. The Labute approximate surface area is 111 Å². The zero-order valence-electron chi connectivity index (χ0n) is 10.9. The van der Waals surface area contributed by atoms with Crippen molar-refractivity contribution < 1.29 is 4.74 Å². The third kappa shape index (κ3) is 2.26. The molecule has 98 valence electrons. The number of hydrogen-bond donors (Lipinski definition) is 0. The normalized spacial score (nSPS) is 13.3. The number of benzene rings is 1. The minimum atomic E-state index is -0.189. The number of fused-ring (bicyclic) bond motifs is 1. The van der Waals surface area contributed by atoms with E-state index in [4.69, 9.17) is 4.74 Å². The van der Waals surface area contributed by atoms with Crippen LogP contribution >= 0.6 is 0 Å². The molecule has 0 N–H and O–H groups in total. The summed E-state index contributed by atoms with van der Waals surface area (Å²) in [5.41, 5.74) is 2.52. The van der Waals surface area contributed by atoms with Gasteiger partial charge in [-0.15, -0.1) is 0 Å². The van der Waals surface area contributed by atoms with Crippen LogP contribution in [0.25, 0.3) is 0 Å². The molecule has 1 aromatic heterocycles. The van der Waals surface area contributed by atoms with Gasteiger partial charge in [0.2, 0.25) is 0 Å². The van der Waals surface area contributed by atoms with Crippen LogP contribution in [0.5, 0.6) is 11.6 Å². The summed E-state index contributed by atoms with van der Waals surface area (Å²) in [5, 5.41) is 0. The monoisotopic (exact) mass is 256 g/mol. The smallest absolute Gasteiger partial charge is 0.313 e. The second-order valence-electron chi connectivity index (χ2n) is 4.71. The molecule has 2 aromatic rings. The highest BCUT2D eigenvalue weighted by Crippen LogP contribution is 2.27. The predicted octanol–water partition coefficient (Wildman–Crippen LogP) is 2.54. The summed E-state index contributed by atoms with van der Waals surface area (Å²) in [5.74, 6) is 0.835. The minimum absolute atomic E-state index is 0.141. The van der Waals surface area contributed by atoms with E-state index in [-0.39, 0.29) is 11.4 Å². The first-order chi connectivity index (χ1) is 9.28. The van der Waals surface area contributed by atoms with Crippen LogP contribution in [0.4, 0.5) is 0 Å². The van der Waals surface area contributed by atoms with Crippen molar-refractivity contribution >= 4 is 0 Å². The lowest BCUT2D eigenvalue weighted by Crippen LogP contribution is -2.20. The Morgan fingerprint density at radius 3 is 3.00 bits per heavy atom. The number of aromatic nitrogens is 2. The van der Waals surface area contributed by atoms with Gasteiger partial charge in [-0.05, 0) is 49.4 Å². The van der Waals surface area contributed by atoms with Crippen LogP contribution in [0.15, 0.2) is 35.4 Å². The molecular weight excluding hydrogens is 240 g/mol. The van der Waals surface area contributed by atoms with Crippen molar-refractivity contribution in [2.45, 2.75) is 32.7 Å². The Morgan fingerprint density at radius 1 is 1.32 bits per heavy atom. The molecule has 1 aliphatic rings. The Kier molecular flexibility index (Phi) is 3.07. The highest BCUT2D eigenvalue weighted by Gasteiger charge is 2.13. The van der Waals surface area contributed by atoms with Gasteiger partial charge in [0.15, 0.2) is 0 Å². The molecule has 1 heterocycles. The molecule has 0 unspecified atom stereocenters. The van der Waals surface area contributed by atoms with E-state index >= 15 is 0 Å². The first-order valence-electron chi connectivity index (χ1n) is 6.63. The molecule has 0 spiro atoms. The fraction of sp³-hybridized carbons (Fsp3) is 0.333. The molecule has 4 heteroatoms. The van der Waals surface area contributed by atoms with E-state index < -0.39 is 0 Å². The minimum Gasteiger partial charge on any atom is -0.435 e. The summed E-state index contributed by atoms with van der Waals surface area (Å²) in [4.78, 5) is 16.0. The fourth-order valence-corrected chi connectivity index (χ4v) is 2.47. The second-order valence-corrected chi connectivity index (χ2v) is 4.71. The van der Waals surface area contributed by atoms with Crippen molar-refractivity contribution in [3.8, 4) is 11.6 Å². The largest absolute Gasteiger partial charge is 0.435 e. The lowest BCUT2D eigenvalue weighted by Gasteiger charge is -2.08. The number of hydrogen-bond acceptors (Lipinski definition) is 3. The average Bonchev–Trinajstić information content (AvgIpc) is 2.88. The van der Waals surface area contributed by atoms with E-state index in [0.29, 0.717) is 12.3 Å². The second kappa shape index (κ2) is 4.88. The van der Waals surface area contributed by atoms with Crippen molar-refractivity contribution in [1.29, 1.82) is 0 Å². The van der Waals surface area contributed by atoms with E-state index in [1.54, 1.807) is 17.0 Å². The summed E-state index contributed by atoms with van der Waals surface area (Å²) in [6, 6.07) is 6.01. The molecule has 0 bridgehead atoms. The van der Waals surface area contributed by atoms with E-state index in [2.05, 4.69) is 11.1 Å². The average molecular weight is 256 g/mol. The summed E-state index contributed by atoms with van der Waals surface area (Å²) in [6.07, 6.45) is 6.69. The maximum atomic E-state index is 12.0. The van der Waals surface area contributed by atoms with Gasteiger partial charge in [-0.25, -0.2) is 4.98 Å². The molecule has 19 heavy (non-hydrogen) atoms. The van der Waals surface area contributed by atoms with Crippen molar-refractivity contribution in [1.82, 2.24) is 9.55 Å². The number of aryl methyl sites for hydroxylation is 3. The van der Waals surface area contributed by atoms with Gasteiger partial charge in [-0.2, -0.15) is 0 Å². The molecular formula is C15H16N2O2. The van der Waals surface area contributed by atoms with E-state index in [1.807, 2.05) is 19.1 Å². The van der Waals surface area contributed by atoms with Gasteiger partial charge in [0, 0.05) is 18.9 Å². The lowest BCUT2D eigenvalue weighted by atomic mass is 10.1. The number of rotatable bonds is 3. The number of nitrogens with zero attached hydrogens (tertiary/aromatic N) is 2. The van der Waals surface area contributed by atoms with Crippen LogP contribution in [0, 0.1) is 0 Å². The lowest BCUT2D eigenvalue weighted by molar-refractivity contribution is 0.445. The molecule has 0 aliphatic heterocycles. The topological polar surface area (TPSA) is 44.1 Å². The summed E-state index contributed by atoms with van der Waals surface area (Å²) in [6.45, 7) is 2.53. The fourth-order valence-electron chi connectivity index (χ4n) is 2.47. The van der Waals surface area contributed by atoms with Crippen LogP contribution < -0.4 is 10.3 Å². The van der Waals surface area contributed by atoms with Crippen LogP contribution in [0.3, 0.4) is 0 Å². The zero-order chi connectivity index (χ0) is 13.2. The van der Waals surface area contributed by atoms with Gasteiger partial charge in [-0.3, -0.25) is 4.79 Å². The summed E-state index contributed by atoms with van der Waals surface area (Å²) >= 11 is 0. The molecule has 0 saturated heterocycles. The Bertz CT molecular complexity index is 661. The third-order valence-electron chi connectivity index (χ3n) is 3.51. The summed E-state index contributed by atoms with van der Waals surface area (Å²) in [7, 11) is 0. The Hall–Kier alpha value is -2.10. The van der Waals surface area contributed by atoms with Crippen LogP contribution in [0.1, 0.15) is 24.5 Å².